The summed E-state index contributed by atoms with van der Waals surface area (Å²) in [7, 11) is 0. The van der Waals surface area contributed by atoms with Crippen LogP contribution >= 0.6 is 15.9 Å². The largest absolute Gasteiger partial charge is 0.451 e. The van der Waals surface area contributed by atoms with Crippen molar-refractivity contribution in [2.45, 2.75) is 24.8 Å². The molecular weight excluding hydrogens is 476 g/mol. The van der Waals surface area contributed by atoms with Crippen molar-refractivity contribution in [1.29, 1.82) is 0 Å². The van der Waals surface area contributed by atoms with Crippen LogP contribution in [0, 0.1) is 0 Å². The van der Waals surface area contributed by atoms with Gasteiger partial charge in [0, 0.05) is 13.8 Å². The first-order valence-corrected chi connectivity index (χ1v) is 10.7. The number of hydrogen-bond donors (Lipinski definition) is 0. The Morgan fingerprint density at radius 2 is 1.19 bits per heavy atom. The zero-order valence-corrected chi connectivity index (χ0v) is 19.1. The van der Waals surface area contributed by atoms with E-state index in [0.717, 1.165) is 11.1 Å². The van der Waals surface area contributed by atoms with Gasteiger partial charge >= 0.3 is 17.9 Å². The summed E-state index contributed by atoms with van der Waals surface area (Å²) in [5.74, 6) is -1.57. The summed E-state index contributed by atoms with van der Waals surface area (Å²) < 4.78 is 16.1. The van der Waals surface area contributed by atoms with E-state index in [2.05, 4.69) is 15.9 Å². The molecule has 0 N–H and O–H groups in total. The third-order valence-corrected chi connectivity index (χ3v) is 5.32. The fourth-order valence-electron chi connectivity index (χ4n) is 3.05. The molecule has 3 aromatic carbocycles. The molecule has 0 saturated heterocycles. The van der Waals surface area contributed by atoms with Gasteiger partial charge < -0.3 is 14.2 Å². The number of carbonyl (C=O) groups excluding carboxylic acids is 3. The molecule has 164 valence electrons. The Labute approximate surface area is 194 Å². The van der Waals surface area contributed by atoms with Crippen LogP contribution in [0.2, 0.25) is 0 Å². The highest BCUT2D eigenvalue weighted by Gasteiger charge is 2.26. The molecule has 0 aliphatic heterocycles. The van der Waals surface area contributed by atoms with Crippen LogP contribution < -0.4 is 9.47 Å². The molecule has 32 heavy (non-hydrogen) atoms. The molecule has 3 aromatic rings. The van der Waals surface area contributed by atoms with Crippen LogP contribution in [-0.4, -0.2) is 17.9 Å². The lowest BCUT2D eigenvalue weighted by Gasteiger charge is -2.21. The van der Waals surface area contributed by atoms with Crippen molar-refractivity contribution < 1.29 is 28.6 Å². The normalized spacial score (nSPS) is 11.5. The maximum Gasteiger partial charge on any atom is 0.325 e. The highest BCUT2D eigenvalue weighted by Crippen LogP contribution is 2.36. The van der Waals surface area contributed by atoms with E-state index in [1.54, 1.807) is 6.07 Å². The Balaban J connectivity index is 1.87. The average Bonchev–Trinajstić information content (AvgIpc) is 2.78. The first-order chi connectivity index (χ1) is 15.3. The van der Waals surface area contributed by atoms with E-state index in [-0.39, 0.29) is 11.5 Å². The highest BCUT2D eigenvalue weighted by molar-refractivity contribution is 9.09. The van der Waals surface area contributed by atoms with Crippen molar-refractivity contribution in [3.8, 4) is 11.5 Å². The van der Waals surface area contributed by atoms with Crippen LogP contribution in [0.25, 0.3) is 0 Å². The number of carbonyl (C=O) groups is 3. The first-order valence-electron chi connectivity index (χ1n) is 9.80. The maximum atomic E-state index is 13.0. The van der Waals surface area contributed by atoms with Gasteiger partial charge in [-0.15, -0.1) is 0 Å². The minimum atomic E-state index is -0.849. The molecule has 0 fully saturated rings. The molecule has 1 atom stereocenters. The standard InChI is InChI=1S/C25H21BrO6/c1-16(27)30-21-14-13-20(15-22(21)31-17(2)28)23(26)25(29)32-24(18-9-5-3-6-10-18)19-11-7-4-8-12-19/h3-15,23-24H,1-2H3. The van der Waals surface area contributed by atoms with Crippen molar-refractivity contribution in [1.82, 2.24) is 0 Å². The molecule has 0 heterocycles. The highest BCUT2D eigenvalue weighted by atomic mass is 79.9. The van der Waals surface area contributed by atoms with Crippen molar-refractivity contribution in [3.05, 3.63) is 95.6 Å². The van der Waals surface area contributed by atoms with Crippen LogP contribution in [-0.2, 0) is 19.1 Å². The minimum absolute atomic E-state index is 0.0325. The average molecular weight is 497 g/mol. The third-order valence-electron chi connectivity index (χ3n) is 4.41. The lowest BCUT2D eigenvalue weighted by atomic mass is 10.0. The van der Waals surface area contributed by atoms with Gasteiger partial charge in [-0.2, -0.15) is 0 Å². The number of halogens is 1. The predicted octanol–water partition coefficient (Wildman–Crippen LogP) is 5.31. The van der Waals surface area contributed by atoms with Gasteiger partial charge in [-0.25, -0.2) is 0 Å². The van der Waals surface area contributed by atoms with Crippen LogP contribution in [0.1, 0.15) is 41.5 Å². The number of ether oxygens (including phenoxy) is 3. The fraction of sp³-hybridized carbons (Fsp3) is 0.160. The summed E-state index contributed by atoms with van der Waals surface area (Å²) >= 11 is 3.38. The van der Waals surface area contributed by atoms with Crippen molar-refractivity contribution >= 4 is 33.8 Å². The molecule has 0 aliphatic carbocycles. The molecule has 0 aliphatic rings. The Kier molecular flexibility index (Phi) is 7.78. The second-order valence-electron chi connectivity index (χ2n) is 6.89. The van der Waals surface area contributed by atoms with E-state index in [0.29, 0.717) is 5.56 Å². The summed E-state index contributed by atoms with van der Waals surface area (Å²) in [5, 5.41) is 0. The van der Waals surface area contributed by atoms with E-state index < -0.39 is 28.8 Å². The third kappa shape index (κ3) is 6.04. The lowest BCUT2D eigenvalue weighted by molar-refractivity contribution is -0.146. The molecule has 0 radical (unpaired) electrons. The zero-order chi connectivity index (χ0) is 23.1. The van der Waals surface area contributed by atoms with Crippen LogP contribution in [0.4, 0.5) is 0 Å². The van der Waals surface area contributed by atoms with Gasteiger partial charge in [0.1, 0.15) is 4.83 Å². The van der Waals surface area contributed by atoms with Crippen LogP contribution in [0.3, 0.4) is 0 Å². The first kappa shape index (κ1) is 23.2. The summed E-state index contributed by atoms with van der Waals surface area (Å²) in [6, 6.07) is 23.4. The quantitative estimate of drug-likeness (QED) is 0.250. The molecule has 0 amide bonds. The molecule has 0 aromatic heterocycles. The molecular formula is C25H21BrO6. The maximum absolute atomic E-state index is 13.0. The number of rotatable bonds is 7. The monoisotopic (exact) mass is 496 g/mol. The lowest BCUT2D eigenvalue weighted by Crippen LogP contribution is -2.17. The van der Waals surface area contributed by atoms with E-state index in [4.69, 9.17) is 14.2 Å². The van der Waals surface area contributed by atoms with Gasteiger partial charge in [0.05, 0.1) is 0 Å². The van der Waals surface area contributed by atoms with Gasteiger partial charge in [0.25, 0.3) is 0 Å². The Hall–Kier alpha value is -3.45. The van der Waals surface area contributed by atoms with Gasteiger partial charge in [-0.05, 0) is 28.8 Å². The van der Waals surface area contributed by atoms with Crippen molar-refractivity contribution in [3.63, 3.8) is 0 Å². The fourth-order valence-corrected chi connectivity index (χ4v) is 3.44. The summed E-state index contributed by atoms with van der Waals surface area (Å²) in [5.41, 5.74) is 2.14. The van der Waals surface area contributed by atoms with Gasteiger partial charge in [0.2, 0.25) is 0 Å². The van der Waals surface area contributed by atoms with Crippen molar-refractivity contribution in [2.75, 3.05) is 0 Å². The van der Waals surface area contributed by atoms with Crippen LogP contribution in [0.15, 0.2) is 78.9 Å². The number of alkyl halides is 1. The van der Waals surface area contributed by atoms with E-state index in [9.17, 15) is 14.4 Å². The van der Waals surface area contributed by atoms with E-state index in [1.807, 2.05) is 60.7 Å². The second-order valence-corrected chi connectivity index (χ2v) is 7.81. The van der Waals surface area contributed by atoms with Crippen molar-refractivity contribution in [2.24, 2.45) is 0 Å². The smallest absolute Gasteiger partial charge is 0.325 e. The molecule has 6 nitrogen and oxygen atoms in total. The Morgan fingerprint density at radius 1 is 0.688 bits per heavy atom. The summed E-state index contributed by atoms with van der Waals surface area (Å²) in [6.07, 6.45) is -0.599. The second kappa shape index (κ2) is 10.7. The SMILES string of the molecule is CC(=O)Oc1ccc(C(Br)C(=O)OC(c2ccccc2)c2ccccc2)cc1OC(C)=O. The summed E-state index contributed by atoms with van der Waals surface area (Å²) in [6.45, 7) is 2.47. The summed E-state index contributed by atoms with van der Waals surface area (Å²) in [4.78, 5) is 35.0. The number of hydrogen-bond acceptors (Lipinski definition) is 6. The zero-order valence-electron chi connectivity index (χ0n) is 17.5. The Morgan fingerprint density at radius 3 is 1.69 bits per heavy atom. The van der Waals surface area contributed by atoms with Gasteiger partial charge in [-0.1, -0.05) is 82.7 Å². The molecule has 3 rings (SSSR count). The molecule has 1 unspecified atom stereocenters. The van der Waals surface area contributed by atoms with Gasteiger partial charge in [-0.3, -0.25) is 14.4 Å². The molecule has 0 spiro atoms. The van der Waals surface area contributed by atoms with E-state index >= 15 is 0 Å². The number of benzene rings is 3. The molecule has 0 saturated carbocycles. The Bertz CT molecular complexity index is 1060. The molecule has 0 bridgehead atoms. The molecule has 7 heteroatoms. The predicted molar refractivity (Wildman–Crippen MR) is 122 cm³/mol. The van der Waals surface area contributed by atoms with Crippen LogP contribution in [0.5, 0.6) is 11.5 Å². The number of esters is 3. The minimum Gasteiger partial charge on any atom is -0.451 e. The topological polar surface area (TPSA) is 78.9 Å². The van der Waals surface area contributed by atoms with Gasteiger partial charge in [0.15, 0.2) is 17.6 Å². The van der Waals surface area contributed by atoms with E-state index in [1.165, 1.54) is 26.0 Å².